The maximum Gasteiger partial charge on any atom is 0.237 e. The molecule has 1 aromatic rings. The van der Waals surface area contributed by atoms with Gasteiger partial charge < -0.3 is 11.1 Å². The van der Waals surface area contributed by atoms with Crippen molar-refractivity contribution in [1.29, 1.82) is 0 Å². The topological polar surface area (TPSA) is 101 Å². The lowest BCUT2D eigenvalue weighted by atomic mass is 9.87. The van der Waals surface area contributed by atoms with Crippen LogP contribution in [-0.4, -0.2) is 32.7 Å². The lowest BCUT2D eigenvalue weighted by Crippen LogP contribution is -2.49. The molecule has 0 aliphatic carbocycles. The molecule has 4 N–H and O–H groups in total. The average Bonchev–Trinajstić information content (AvgIpc) is 2.44. The normalized spacial score (nSPS) is 13.0. The Kier molecular flexibility index (Phi) is 8.76. The van der Waals surface area contributed by atoms with Gasteiger partial charge in [-0.1, -0.05) is 51.1 Å². The Morgan fingerprint density at radius 2 is 1.78 bits per heavy atom. The smallest absolute Gasteiger partial charge is 0.237 e. The molecule has 0 unspecified atom stereocenters. The van der Waals surface area contributed by atoms with Crippen molar-refractivity contribution in [3.8, 4) is 0 Å². The summed E-state index contributed by atoms with van der Waals surface area (Å²) in [6, 6.07) is 8.56. The molecule has 0 heterocycles. The zero-order valence-electron chi connectivity index (χ0n) is 13.7. The van der Waals surface area contributed by atoms with Crippen molar-refractivity contribution >= 4 is 28.3 Å². The van der Waals surface area contributed by atoms with Gasteiger partial charge in [-0.3, -0.25) is 4.79 Å². The Hall–Kier alpha value is -1.15. The summed E-state index contributed by atoms with van der Waals surface area (Å²) in [4.78, 5) is 11.8. The highest BCUT2D eigenvalue weighted by Crippen LogP contribution is 2.16. The van der Waals surface area contributed by atoms with E-state index in [1.54, 1.807) is 0 Å². The summed E-state index contributed by atoms with van der Waals surface area (Å²) in [6.45, 7) is 5.84. The van der Waals surface area contributed by atoms with Gasteiger partial charge in [-0.25, -0.2) is 13.1 Å². The second kappa shape index (κ2) is 9.22. The van der Waals surface area contributed by atoms with Crippen molar-refractivity contribution in [3.05, 3.63) is 35.9 Å². The van der Waals surface area contributed by atoms with Crippen molar-refractivity contribution in [2.24, 2.45) is 11.1 Å². The minimum atomic E-state index is -3.44. The second-order valence-corrected chi connectivity index (χ2v) is 8.19. The molecule has 23 heavy (non-hydrogen) atoms. The number of sulfonamides is 1. The molecular weight excluding hydrogens is 338 g/mol. The van der Waals surface area contributed by atoms with Crippen LogP contribution in [0.3, 0.4) is 0 Å². The Morgan fingerprint density at radius 1 is 1.22 bits per heavy atom. The average molecular weight is 364 g/mol. The maximum absolute atomic E-state index is 11.9. The first-order valence-electron chi connectivity index (χ1n) is 7.16. The minimum absolute atomic E-state index is 0. The molecular formula is C15H26ClN3O3S. The van der Waals surface area contributed by atoms with Gasteiger partial charge in [-0.2, -0.15) is 0 Å². The SMILES string of the molecule is CC(C)(C)[C@H](N)C(=O)NCCS(=O)(=O)NCc1ccccc1.Cl. The molecule has 0 bridgehead atoms. The summed E-state index contributed by atoms with van der Waals surface area (Å²) >= 11 is 0. The molecule has 0 spiro atoms. The zero-order valence-corrected chi connectivity index (χ0v) is 15.3. The van der Waals surface area contributed by atoms with Gasteiger partial charge >= 0.3 is 0 Å². The van der Waals surface area contributed by atoms with Crippen molar-refractivity contribution in [3.63, 3.8) is 0 Å². The number of amides is 1. The predicted molar refractivity (Wildman–Crippen MR) is 94.8 cm³/mol. The third kappa shape index (κ3) is 8.31. The van der Waals surface area contributed by atoms with Crippen LogP contribution in [0.2, 0.25) is 0 Å². The number of carbonyl (C=O) groups is 1. The van der Waals surface area contributed by atoms with E-state index >= 15 is 0 Å². The predicted octanol–water partition coefficient (Wildman–Crippen LogP) is 1.02. The van der Waals surface area contributed by atoms with Crippen LogP contribution in [-0.2, 0) is 21.4 Å². The molecule has 0 aliphatic heterocycles. The Labute approximate surface area is 144 Å². The summed E-state index contributed by atoms with van der Waals surface area (Å²) in [5.74, 6) is -0.520. The number of nitrogens with two attached hydrogens (primary N) is 1. The monoisotopic (exact) mass is 363 g/mol. The fourth-order valence-corrected chi connectivity index (χ4v) is 2.57. The fraction of sp³-hybridized carbons (Fsp3) is 0.533. The van der Waals surface area contributed by atoms with E-state index in [9.17, 15) is 13.2 Å². The van der Waals surface area contributed by atoms with Crippen molar-refractivity contribution in [1.82, 2.24) is 10.0 Å². The minimum Gasteiger partial charge on any atom is -0.354 e. The van der Waals surface area contributed by atoms with Gasteiger partial charge in [0.2, 0.25) is 15.9 Å². The van der Waals surface area contributed by atoms with Gasteiger partial charge in [0.05, 0.1) is 11.8 Å². The first-order valence-corrected chi connectivity index (χ1v) is 8.81. The molecule has 1 amide bonds. The molecule has 0 saturated carbocycles. The van der Waals surface area contributed by atoms with Crippen LogP contribution in [0.15, 0.2) is 30.3 Å². The number of halogens is 1. The van der Waals surface area contributed by atoms with Crippen LogP contribution in [0.5, 0.6) is 0 Å². The maximum atomic E-state index is 11.9. The third-order valence-corrected chi connectivity index (χ3v) is 4.55. The molecule has 0 radical (unpaired) electrons. The molecule has 0 saturated heterocycles. The molecule has 0 aromatic heterocycles. The first kappa shape index (κ1) is 21.9. The van der Waals surface area contributed by atoms with Crippen LogP contribution in [0.4, 0.5) is 0 Å². The van der Waals surface area contributed by atoms with Gasteiger partial charge in [0.25, 0.3) is 0 Å². The molecule has 8 heteroatoms. The van der Waals surface area contributed by atoms with E-state index in [-0.39, 0.29) is 42.6 Å². The number of hydrogen-bond acceptors (Lipinski definition) is 4. The summed E-state index contributed by atoms with van der Waals surface area (Å²) in [7, 11) is -3.44. The van der Waals surface area contributed by atoms with Crippen LogP contribution in [0, 0.1) is 5.41 Å². The lowest BCUT2D eigenvalue weighted by Gasteiger charge is -2.25. The molecule has 1 aromatic carbocycles. The highest BCUT2D eigenvalue weighted by atomic mass is 35.5. The van der Waals surface area contributed by atoms with Crippen LogP contribution in [0.25, 0.3) is 0 Å². The standard InChI is InChI=1S/C15H25N3O3S.ClH/c1-15(2,3)13(16)14(19)17-9-10-22(20,21)18-11-12-7-5-4-6-8-12;/h4-8,13,18H,9-11,16H2,1-3H3,(H,17,19);1H/t13-;/m1./s1. The van der Waals surface area contributed by atoms with Gasteiger partial charge in [0.1, 0.15) is 0 Å². The summed E-state index contributed by atoms with van der Waals surface area (Å²) in [5.41, 5.74) is 6.31. The highest BCUT2D eigenvalue weighted by molar-refractivity contribution is 7.89. The van der Waals surface area contributed by atoms with E-state index in [1.165, 1.54) is 0 Å². The lowest BCUT2D eigenvalue weighted by molar-refractivity contribution is -0.124. The number of benzene rings is 1. The summed E-state index contributed by atoms with van der Waals surface area (Å²) in [6.07, 6.45) is 0. The quantitative estimate of drug-likeness (QED) is 0.673. The van der Waals surface area contributed by atoms with E-state index < -0.39 is 16.1 Å². The molecule has 1 atom stereocenters. The number of carbonyl (C=O) groups excluding carboxylic acids is 1. The molecule has 1 rings (SSSR count). The third-order valence-electron chi connectivity index (χ3n) is 3.22. The number of rotatable bonds is 7. The molecule has 0 fully saturated rings. The molecule has 132 valence electrons. The van der Waals surface area contributed by atoms with Gasteiger partial charge in [0.15, 0.2) is 0 Å². The van der Waals surface area contributed by atoms with E-state index in [4.69, 9.17) is 5.73 Å². The molecule has 6 nitrogen and oxygen atoms in total. The number of nitrogens with one attached hydrogen (secondary N) is 2. The van der Waals surface area contributed by atoms with Crippen molar-refractivity contribution in [2.75, 3.05) is 12.3 Å². The fourth-order valence-electron chi connectivity index (χ4n) is 1.67. The Balaban J connectivity index is 0.00000484. The van der Waals surface area contributed by atoms with Gasteiger partial charge in [-0.15, -0.1) is 12.4 Å². The van der Waals surface area contributed by atoms with E-state index in [0.29, 0.717) is 0 Å². The largest absolute Gasteiger partial charge is 0.354 e. The summed E-state index contributed by atoms with van der Waals surface area (Å²) in [5, 5.41) is 2.56. The van der Waals surface area contributed by atoms with Crippen molar-refractivity contribution in [2.45, 2.75) is 33.4 Å². The Bertz CT molecular complexity index is 586. The number of hydrogen-bond donors (Lipinski definition) is 3. The van der Waals surface area contributed by atoms with Crippen LogP contribution >= 0.6 is 12.4 Å². The molecule has 0 aliphatic rings. The van der Waals surface area contributed by atoms with Crippen LogP contribution < -0.4 is 15.8 Å². The van der Waals surface area contributed by atoms with Gasteiger partial charge in [0, 0.05) is 13.1 Å². The summed E-state index contributed by atoms with van der Waals surface area (Å²) < 4.78 is 26.2. The van der Waals surface area contributed by atoms with E-state index in [2.05, 4.69) is 10.0 Å². The highest BCUT2D eigenvalue weighted by Gasteiger charge is 2.27. The van der Waals surface area contributed by atoms with Crippen LogP contribution in [0.1, 0.15) is 26.3 Å². The van der Waals surface area contributed by atoms with Gasteiger partial charge in [-0.05, 0) is 11.0 Å². The zero-order chi connectivity index (χ0) is 16.8. The van der Waals surface area contributed by atoms with E-state index in [0.717, 1.165) is 5.56 Å². The first-order chi connectivity index (χ1) is 10.1. The Morgan fingerprint density at radius 3 is 2.30 bits per heavy atom. The van der Waals surface area contributed by atoms with E-state index in [1.807, 2.05) is 51.1 Å². The second-order valence-electron chi connectivity index (χ2n) is 6.26. The van der Waals surface area contributed by atoms with Crippen molar-refractivity contribution < 1.29 is 13.2 Å².